The standard InChI is InChI=1S/C39H68N4O5/c1-25(2)11-8-12-28(36(47)43-20-10-19-42-22-21-41-18-9-17-40)34-30-23-32(46)35-37(5)15-14-31(45)26(3)29(37)13-16-38(35,6)39(30,7)24-33(34)48-27(4)44/h11,26,29-33,35,41-42,45-46H,8-10,12-24,40H2,1-7H3,(H,43,47)/b34-28-/t26-,29?,30?,31+,32+,33-,35?,37-,38-,39-/m0/s1. The second kappa shape index (κ2) is 16.5. The number of nitrogens with one attached hydrogen (secondary N) is 3. The van der Waals surface area contributed by atoms with Gasteiger partial charge in [0.1, 0.15) is 6.10 Å². The number of nitrogens with two attached hydrogens (primary N) is 1. The first-order valence-electron chi connectivity index (χ1n) is 19.0. The number of hydrogen-bond acceptors (Lipinski definition) is 8. The van der Waals surface area contributed by atoms with Gasteiger partial charge >= 0.3 is 5.97 Å². The quantitative estimate of drug-likeness (QED) is 0.0640. The average Bonchev–Trinajstić information content (AvgIpc) is 3.29. The molecule has 0 saturated heterocycles. The summed E-state index contributed by atoms with van der Waals surface area (Å²) < 4.78 is 6.14. The second-order valence-corrected chi connectivity index (χ2v) is 16.6. The molecule has 48 heavy (non-hydrogen) atoms. The molecule has 4 saturated carbocycles. The molecule has 4 aliphatic rings. The Bertz CT molecular complexity index is 1180. The van der Waals surface area contributed by atoms with E-state index in [1.807, 2.05) is 0 Å². The van der Waals surface area contributed by atoms with Crippen LogP contribution in [-0.2, 0) is 14.3 Å². The molecule has 0 aromatic rings. The van der Waals surface area contributed by atoms with Gasteiger partial charge < -0.3 is 36.6 Å². The number of allylic oxidation sites excluding steroid dienone is 2. The Hall–Kier alpha value is -1.78. The minimum atomic E-state index is -0.535. The number of ether oxygens (including phenoxy) is 1. The van der Waals surface area contributed by atoms with E-state index in [-0.39, 0.29) is 52.0 Å². The highest BCUT2D eigenvalue weighted by atomic mass is 16.5. The van der Waals surface area contributed by atoms with Gasteiger partial charge in [0.25, 0.3) is 0 Å². The van der Waals surface area contributed by atoms with Crippen LogP contribution >= 0.6 is 0 Å². The Kier molecular flexibility index (Phi) is 13.4. The van der Waals surface area contributed by atoms with E-state index in [2.05, 4.69) is 63.6 Å². The highest BCUT2D eigenvalue weighted by molar-refractivity contribution is 5.94. The van der Waals surface area contributed by atoms with E-state index in [9.17, 15) is 19.8 Å². The van der Waals surface area contributed by atoms with E-state index in [1.54, 1.807) is 0 Å². The molecule has 0 spiro atoms. The molecular weight excluding hydrogens is 604 g/mol. The van der Waals surface area contributed by atoms with Gasteiger partial charge in [0.15, 0.2) is 0 Å². The Morgan fingerprint density at radius 2 is 1.62 bits per heavy atom. The van der Waals surface area contributed by atoms with Gasteiger partial charge in [-0.05, 0) is 143 Å². The van der Waals surface area contributed by atoms with Crippen molar-refractivity contribution in [3.05, 3.63) is 22.8 Å². The summed E-state index contributed by atoms with van der Waals surface area (Å²) in [4.78, 5) is 26.8. The van der Waals surface area contributed by atoms with Crippen molar-refractivity contribution in [2.75, 3.05) is 39.3 Å². The van der Waals surface area contributed by atoms with E-state index in [1.165, 1.54) is 12.5 Å². The molecule has 9 nitrogen and oxygen atoms in total. The SMILES string of the molecule is CC(=O)O[C@H]1C[C@@]2(C)C(C[C@@H](O)C3[C@@]4(C)CC[C@@H](O)[C@@H](C)C4CC[C@@]32C)/C1=C(\CCC=C(C)C)C(=O)NCCCNCCNCCCN. The summed E-state index contributed by atoms with van der Waals surface area (Å²) in [5, 5.41) is 33.1. The minimum Gasteiger partial charge on any atom is -0.458 e. The fourth-order valence-corrected chi connectivity index (χ4v) is 11.0. The molecule has 7 N–H and O–H groups in total. The third-order valence-corrected chi connectivity index (χ3v) is 13.4. The Balaban J connectivity index is 1.61. The van der Waals surface area contributed by atoms with Crippen LogP contribution in [0, 0.1) is 39.9 Å². The van der Waals surface area contributed by atoms with Gasteiger partial charge in [-0.1, -0.05) is 39.3 Å². The molecular formula is C39H68N4O5. The smallest absolute Gasteiger partial charge is 0.303 e. The van der Waals surface area contributed by atoms with E-state index >= 15 is 0 Å². The number of amides is 1. The first kappa shape index (κ1) is 39.0. The van der Waals surface area contributed by atoms with Crippen LogP contribution in [0.25, 0.3) is 0 Å². The van der Waals surface area contributed by atoms with E-state index in [4.69, 9.17) is 10.5 Å². The van der Waals surface area contributed by atoms with Gasteiger partial charge in [-0.3, -0.25) is 9.59 Å². The minimum absolute atomic E-state index is 0.0641. The molecule has 9 heteroatoms. The molecule has 0 bridgehead atoms. The number of carbonyl (C=O) groups is 2. The molecule has 4 aliphatic carbocycles. The predicted octanol–water partition coefficient (Wildman–Crippen LogP) is 4.62. The summed E-state index contributed by atoms with van der Waals surface area (Å²) in [6, 6.07) is 0. The Morgan fingerprint density at radius 3 is 2.27 bits per heavy atom. The normalized spacial score (nSPS) is 38.3. The fourth-order valence-electron chi connectivity index (χ4n) is 11.0. The van der Waals surface area contributed by atoms with Crippen LogP contribution in [-0.4, -0.2) is 79.7 Å². The number of esters is 1. The van der Waals surface area contributed by atoms with Crippen LogP contribution in [0.1, 0.15) is 113 Å². The molecule has 4 rings (SSSR count). The topological polar surface area (TPSA) is 146 Å². The van der Waals surface area contributed by atoms with Crippen molar-refractivity contribution >= 4 is 11.9 Å². The number of aliphatic hydroxyl groups is 2. The van der Waals surface area contributed by atoms with Crippen LogP contribution in [0.5, 0.6) is 0 Å². The van der Waals surface area contributed by atoms with Gasteiger partial charge in [0.05, 0.1) is 12.2 Å². The highest BCUT2D eigenvalue weighted by Gasteiger charge is 2.70. The first-order valence-corrected chi connectivity index (χ1v) is 19.0. The zero-order valence-corrected chi connectivity index (χ0v) is 31.1. The number of carbonyl (C=O) groups excluding carboxylic acids is 2. The van der Waals surface area contributed by atoms with Crippen LogP contribution < -0.4 is 21.7 Å². The molecule has 3 unspecified atom stereocenters. The molecule has 10 atom stereocenters. The largest absolute Gasteiger partial charge is 0.458 e. The van der Waals surface area contributed by atoms with Crippen molar-refractivity contribution in [1.82, 2.24) is 16.0 Å². The van der Waals surface area contributed by atoms with Crippen LogP contribution in [0.2, 0.25) is 0 Å². The molecule has 4 fully saturated rings. The maximum absolute atomic E-state index is 14.1. The lowest BCUT2D eigenvalue weighted by atomic mass is 9.36. The number of hydrogen-bond donors (Lipinski definition) is 6. The van der Waals surface area contributed by atoms with E-state index in [0.29, 0.717) is 38.3 Å². The van der Waals surface area contributed by atoms with Gasteiger partial charge in [0, 0.05) is 32.1 Å². The third kappa shape index (κ3) is 7.91. The second-order valence-electron chi connectivity index (χ2n) is 16.6. The number of fused-ring (bicyclic) bond motifs is 5. The fraction of sp³-hybridized carbons (Fsp3) is 0.846. The molecule has 0 aliphatic heterocycles. The molecule has 274 valence electrons. The van der Waals surface area contributed by atoms with Gasteiger partial charge in [-0.25, -0.2) is 0 Å². The summed E-state index contributed by atoms with van der Waals surface area (Å²) in [6.45, 7) is 19.6. The maximum Gasteiger partial charge on any atom is 0.303 e. The highest BCUT2D eigenvalue weighted by Crippen LogP contribution is 2.74. The van der Waals surface area contributed by atoms with Crippen LogP contribution in [0.4, 0.5) is 0 Å². The number of aliphatic hydroxyl groups excluding tert-OH is 2. The predicted molar refractivity (Wildman–Crippen MR) is 192 cm³/mol. The van der Waals surface area contributed by atoms with E-state index in [0.717, 1.165) is 82.3 Å². The van der Waals surface area contributed by atoms with Crippen molar-refractivity contribution in [3.63, 3.8) is 0 Å². The van der Waals surface area contributed by atoms with Crippen molar-refractivity contribution in [2.24, 2.45) is 45.7 Å². The average molecular weight is 673 g/mol. The van der Waals surface area contributed by atoms with Gasteiger partial charge in [-0.2, -0.15) is 0 Å². The summed E-state index contributed by atoms with van der Waals surface area (Å²) in [7, 11) is 0. The lowest BCUT2D eigenvalue weighted by Gasteiger charge is -2.69. The summed E-state index contributed by atoms with van der Waals surface area (Å²) >= 11 is 0. The molecule has 0 aromatic heterocycles. The zero-order valence-electron chi connectivity index (χ0n) is 31.1. The summed E-state index contributed by atoms with van der Waals surface area (Å²) in [5.74, 6) is 0.166. The lowest BCUT2D eigenvalue weighted by molar-refractivity contribution is -0.234. The van der Waals surface area contributed by atoms with Gasteiger partial charge in [-0.15, -0.1) is 0 Å². The third-order valence-electron chi connectivity index (χ3n) is 13.4. The maximum atomic E-state index is 14.1. The molecule has 1 amide bonds. The summed E-state index contributed by atoms with van der Waals surface area (Å²) in [6.07, 6.45) is 8.80. The molecule has 0 radical (unpaired) electrons. The lowest BCUT2D eigenvalue weighted by Crippen LogP contribution is -2.65. The van der Waals surface area contributed by atoms with Crippen molar-refractivity contribution in [1.29, 1.82) is 0 Å². The Morgan fingerprint density at radius 1 is 0.938 bits per heavy atom. The monoisotopic (exact) mass is 673 g/mol. The molecule has 0 heterocycles. The van der Waals surface area contributed by atoms with Crippen molar-refractivity contribution in [3.8, 4) is 0 Å². The van der Waals surface area contributed by atoms with Crippen LogP contribution in [0.3, 0.4) is 0 Å². The van der Waals surface area contributed by atoms with Gasteiger partial charge in [0.2, 0.25) is 5.91 Å². The zero-order chi connectivity index (χ0) is 35.3. The molecule has 0 aromatic carbocycles. The van der Waals surface area contributed by atoms with Crippen molar-refractivity contribution < 1.29 is 24.5 Å². The first-order chi connectivity index (χ1) is 22.7. The Labute approximate surface area is 290 Å². The van der Waals surface area contributed by atoms with Crippen molar-refractivity contribution in [2.45, 2.75) is 131 Å². The number of rotatable bonds is 15. The van der Waals surface area contributed by atoms with Crippen LogP contribution in [0.15, 0.2) is 22.8 Å². The van der Waals surface area contributed by atoms with E-state index < -0.39 is 12.2 Å². The summed E-state index contributed by atoms with van der Waals surface area (Å²) in [5.41, 5.74) is 7.87.